The van der Waals surface area contributed by atoms with Crippen LogP contribution in [0.4, 0.5) is 0 Å². The molecule has 2 aromatic rings. The lowest BCUT2D eigenvalue weighted by molar-refractivity contribution is -0.146. The quantitative estimate of drug-likeness (QED) is 0.0175. The number of H-pyrrole nitrogens is 1. The highest BCUT2D eigenvalue weighted by Gasteiger charge is 2.44. The smallest absolute Gasteiger partial charge is 0.328 e. The Morgan fingerprint density at radius 2 is 1.05 bits per heavy atom. The van der Waals surface area contributed by atoms with Crippen LogP contribution in [-0.4, -0.2) is 239 Å². The summed E-state index contributed by atoms with van der Waals surface area (Å²) in [6.45, 7) is 10.9. The van der Waals surface area contributed by atoms with Crippen LogP contribution >= 0.6 is 0 Å². The van der Waals surface area contributed by atoms with Crippen LogP contribution in [0.25, 0.3) is 0 Å². The van der Waals surface area contributed by atoms with Crippen molar-refractivity contribution in [2.24, 2.45) is 34.0 Å². The molecule has 1 aromatic heterocycles. The zero-order chi connectivity index (χ0) is 70.4. The van der Waals surface area contributed by atoms with Crippen LogP contribution in [0.15, 0.2) is 47.8 Å². The van der Waals surface area contributed by atoms with Gasteiger partial charge in [-0.2, -0.15) is 0 Å². The number of aliphatic hydroxyl groups is 3. The second-order valence-corrected chi connectivity index (χ2v) is 25.4. The molecule has 0 radical (unpaired) electrons. The van der Waals surface area contributed by atoms with Crippen LogP contribution < -0.4 is 59.7 Å². The summed E-state index contributed by atoms with van der Waals surface area (Å²) >= 11 is 0. The van der Waals surface area contributed by atoms with Crippen LogP contribution in [0.5, 0.6) is 0 Å². The van der Waals surface area contributed by atoms with Crippen molar-refractivity contribution in [3.05, 3.63) is 54.1 Å². The SMILES string of the molecule is CC(C)C[C@H](NC(=O)[C@@H]1CCCN1C(=O)[C@@H](N)CC(C)C)C(=O)N1CCC[C@H]1C(=O)N[C@@H](C)C(=O)N1CCC[C@H]1C(=O)N[C@@H](CO)C(=O)N[C@@H](Cc1ccccc1)C(=O)N[C@@H](Cc1cnc[nH]1)C(=O)N[C@@H](CCCN=C(N)N)C(=O)N[C@H](C(=O)N[C@H](C(=O)O)[C@@H](C)O)[C@@H](C)O. The number of likely N-dealkylation sites (tertiary alicyclic amines) is 3. The maximum absolute atomic E-state index is 14.6. The van der Waals surface area contributed by atoms with Crippen molar-refractivity contribution in [3.63, 3.8) is 0 Å². The normalized spacial score (nSPS) is 19.7. The zero-order valence-corrected chi connectivity index (χ0v) is 55.0. The number of rotatable bonds is 35. The van der Waals surface area contributed by atoms with Gasteiger partial charge in [0, 0.05) is 50.9 Å². The lowest BCUT2D eigenvalue weighted by atomic mass is 10.0. The van der Waals surface area contributed by atoms with E-state index in [0.717, 1.165) is 13.8 Å². The lowest BCUT2D eigenvalue weighted by Crippen LogP contribution is -2.62. The van der Waals surface area contributed by atoms with Gasteiger partial charge in [0.05, 0.1) is 31.2 Å². The first-order valence-electron chi connectivity index (χ1n) is 32.3. The number of guanidine groups is 1. The number of aromatic amines is 1. The van der Waals surface area contributed by atoms with E-state index in [1.807, 2.05) is 27.7 Å². The van der Waals surface area contributed by atoms with Gasteiger partial charge in [-0.05, 0) is 102 Å². The fourth-order valence-electron chi connectivity index (χ4n) is 11.7. The monoisotopic (exact) mass is 1340 g/mol. The van der Waals surface area contributed by atoms with Crippen molar-refractivity contribution >= 4 is 76.9 Å². The number of hydrogen-bond donors (Lipinski definition) is 16. The van der Waals surface area contributed by atoms with Gasteiger partial charge < -0.3 is 99.8 Å². The van der Waals surface area contributed by atoms with Crippen LogP contribution in [0.3, 0.4) is 0 Å². The Morgan fingerprint density at radius 3 is 1.55 bits per heavy atom. The molecule has 0 aliphatic carbocycles. The molecule has 3 aliphatic rings. The number of aliphatic carboxylic acids is 1. The molecule has 33 nitrogen and oxygen atoms in total. The standard InChI is InChI=1S/C62H97N17O16/c1-32(2)25-39(63)59(92)78-23-13-20-47(78)55(88)73-43(26-33(3)4)60(93)79-24-14-18-45(79)54(87)69-34(5)58(91)77-22-12-19-46(77)56(89)74-44(30-80)53(86)71-41(27-37-15-9-8-10-16-37)51(84)72-42(28-38-29-66-31-68-38)52(85)70-40(17-11-21-67-62(64)65)50(83)75-48(35(6)81)57(90)76-49(36(7)82)61(94)95/h8-10,15-16,29,31-36,39-49,80-82H,11-14,17-28,30,63H2,1-7H3,(H,66,68)(H,69,87)(H,70,85)(H,71,86)(H,72,84)(H,73,88)(H,74,89)(H,75,83)(H,76,90)(H,94,95)(H4,64,65,67)/t34-,35+,36+,39-,40-,41-,42-,43-,44-,45-,46-,47-,48-,49-/m0/s1. The lowest BCUT2D eigenvalue weighted by Gasteiger charge is -2.32. The van der Waals surface area contributed by atoms with Gasteiger partial charge in [-0.3, -0.25) is 57.7 Å². The highest BCUT2D eigenvalue weighted by atomic mass is 16.4. The summed E-state index contributed by atoms with van der Waals surface area (Å²) in [6, 6.07) is -7.75. The average Bonchev–Trinajstić information content (AvgIpc) is 1.74. The summed E-state index contributed by atoms with van der Waals surface area (Å²) in [5.74, 6) is -10.5. The van der Waals surface area contributed by atoms with Gasteiger partial charge in [-0.15, -0.1) is 0 Å². The van der Waals surface area contributed by atoms with E-state index < -0.39 is 156 Å². The number of carbonyl (C=O) groups excluding carboxylic acids is 11. The molecular formula is C62H97N17O16. The second kappa shape index (κ2) is 36.7. The average molecular weight is 1340 g/mol. The zero-order valence-electron chi connectivity index (χ0n) is 55.0. The minimum absolute atomic E-state index is 0.0415. The molecule has 11 amide bonds. The Morgan fingerprint density at radius 1 is 0.579 bits per heavy atom. The number of hydrogen-bond acceptors (Lipinski definition) is 18. The molecule has 526 valence electrons. The van der Waals surface area contributed by atoms with Gasteiger partial charge in [0.15, 0.2) is 12.0 Å². The third-order valence-corrected chi connectivity index (χ3v) is 16.6. The van der Waals surface area contributed by atoms with E-state index in [1.165, 1.54) is 34.1 Å². The molecule has 4 heterocycles. The molecule has 5 rings (SSSR count). The fraction of sp³-hybridized carbons (Fsp3) is 0.645. The van der Waals surface area contributed by atoms with Gasteiger partial charge >= 0.3 is 5.97 Å². The predicted molar refractivity (Wildman–Crippen MR) is 343 cm³/mol. The molecule has 0 spiro atoms. The van der Waals surface area contributed by atoms with E-state index in [9.17, 15) is 78.0 Å². The molecular weight excluding hydrogens is 1240 g/mol. The van der Waals surface area contributed by atoms with E-state index in [4.69, 9.17) is 17.2 Å². The first-order chi connectivity index (χ1) is 44.9. The van der Waals surface area contributed by atoms with Gasteiger partial charge in [-0.25, -0.2) is 9.78 Å². The van der Waals surface area contributed by atoms with E-state index >= 15 is 0 Å². The molecule has 19 N–H and O–H groups in total. The van der Waals surface area contributed by atoms with Crippen molar-refractivity contribution in [3.8, 4) is 0 Å². The first-order valence-corrected chi connectivity index (χ1v) is 32.3. The van der Waals surface area contributed by atoms with E-state index in [0.29, 0.717) is 49.9 Å². The van der Waals surface area contributed by atoms with Gasteiger partial charge in [0.2, 0.25) is 65.0 Å². The number of amides is 11. The van der Waals surface area contributed by atoms with Crippen molar-refractivity contribution < 1.29 is 78.0 Å². The number of carbonyl (C=O) groups is 12. The van der Waals surface area contributed by atoms with Crippen LogP contribution in [0.2, 0.25) is 0 Å². The van der Waals surface area contributed by atoms with E-state index in [-0.39, 0.29) is 88.3 Å². The summed E-state index contributed by atoms with van der Waals surface area (Å²) in [5.41, 5.74) is 18.0. The van der Waals surface area contributed by atoms with Gasteiger partial charge in [0.25, 0.3) is 0 Å². The maximum atomic E-state index is 14.6. The molecule has 3 saturated heterocycles. The molecule has 3 aliphatic heterocycles. The molecule has 0 bridgehead atoms. The topological polar surface area (TPSA) is 511 Å². The third kappa shape index (κ3) is 22.7. The number of benzene rings is 1. The van der Waals surface area contributed by atoms with Gasteiger partial charge in [-0.1, -0.05) is 58.0 Å². The van der Waals surface area contributed by atoms with Crippen molar-refractivity contribution in [1.82, 2.24) is 67.2 Å². The third-order valence-electron chi connectivity index (χ3n) is 16.6. The predicted octanol–water partition coefficient (Wildman–Crippen LogP) is -4.62. The molecule has 0 saturated carbocycles. The molecule has 14 atom stereocenters. The number of nitrogens with zero attached hydrogens (tertiary/aromatic N) is 5. The fourth-order valence-corrected chi connectivity index (χ4v) is 11.7. The number of nitrogens with one attached hydrogen (secondary N) is 9. The summed E-state index contributed by atoms with van der Waals surface area (Å²) < 4.78 is 0. The Bertz CT molecular complexity index is 3000. The first kappa shape index (κ1) is 76.9. The van der Waals surface area contributed by atoms with Crippen molar-refractivity contribution in [2.75, 3.05) is 32.8 Å². The maximum Gasteiger partial charge on any atom is 0.328 e. The minimum Gasteiger partial charge on any atom is -0.480 e. The van der Waals surface area contributed by atoms with E-state index in [2.05, 4.69) is 57.5 Å². The number of carboxylic acid groups (broad SMARTS) is 1. The number of carboxylic acids is 1. The minimum atomic E-state index is -1.83. The molecule has 33 heteroatoms. The largest absolute Gasteiger partial charge is 0.480 e. The van der Waals surface area contributed by atoms with Crippen molar-refractivity contribution in [2.45, 2.75) is 210 Å². The Balaban J connectivity index is 1.28. The molecule has 1 aromatic carbocycles. The van der Waals surface area contributed by atoms with E-state index in [1.54, 1.807) is 30.3 Å². The molecule has 0 unspecified atom stereocenters. The summed E-state index contributed by atoms with van der Waals surface area (Å²) in [6.07, 6.45) is 1.53. The number of imidazole rings is 1. The van der Waals surface area contributed by atoms with Crippen LogP contribution in [-0.2, 0) is 70.4 Å². The highest BCUT2D eigenvalue weighted by molar-refractivity contribution is 6.00. The Labute approximate surface area is 551 Å². The van der Waals surface area contributed by atoms with Gasteiger partial charge in [0.1, 0.15) is 60.4 Å². The number of aromatic nitrogens is 2. The Hall–Kier alpha value is -8.82. The van der Waals surface area contributed by atoms with Crippen LogP contribution in [0, 0.1) is 11.8 Å². The summed E-state index contributed by atoms with van der Waals surface area (Å²) in [7, 11) is 0. The number of aliphatic imine (C=N–C) groups is 1. The highest BCUT2D eigenvalue weighted by Crippen LogP contribution is 2.25. The molecule has 95 heavy (non-hydrogen) atoms. The Kier molecular flexibility index (Phi) is 29.7. The summed E-state index contributed by atoms with van der Waals surface area (Å²) in [4.78, 5) is 181. The molecule has 3 fully saturated rings. The number of aliphatic hydroxyl groups excluding tert-OH is 3. The second-order valence-electron chi connectivity index (χ2n) is 25.4. The summed E-state index contributed by atoms with van der Waals surface area (Å²) in [5, 5.41) is 60.9. The van der Waals surface area contributed by atoms with Crippen LogP contribution in [0.1, 0.15) is 124 Å². The number of nitrogens with two attached hydrogens (primary N) is 3. The van der Waals surface area contributed by atoms with Crippen molar-refractivity contribution in [1.29, 1.82) is 0 Å².